The SMILES string of the molecule is CCCCCCCCCCCCOPC(NC)c1ccc(CO)o1. The normalized spacial score (nSPS) is 13.1. The number of unbranched alkanes of at least 4 members (excludes halogenated alkanes) is 9. The zero-order valence-electron chi connectivity index (χ0n) is 15.5. The van der Waals surface area contributed by atoms with Gasteiger partial charge in [0.1, 0.15) is 23.9 Å². The predicted octanol–water partition coefficient (Wildman–Crippen LogP) is 5.52. The van der Waals surface area contributed by atoms with Gasteiger partial charge in [-0.1, -0.05) is 64.7 Å². The van der Waals surface area contributed by atoms with Gasteiger partial charge >= 0.3 is 0 Å². The van der Waals surface area contributed by atoms with Gasteiger partial charge in [0.25, 0.3) is 0 Å². The number of rotatable bonds is 16. The molecule has 140 valence electrons. The zero-order chi connectivity index (χ0) is 17.5. The molecule has 1 rings (SSSR count). The van der Waals surface area contributed by atoms with Gasteiger partial charge in [0.2, 0.25) is 0 Å². The number of furan rings is 1. The molecule has 2 atom stereocenters. The van der Waals surface area contributed by atoms with E-state index >= 15 is 0 Å². The Labute approximate surface area is 149 Å². The molecule has 0 aliphatic heterocycles. The van der Waals surface area contributed by atoms with Crippen LogP contribution in [0.25, 0.3) is 0 Å². The smallest absolute Gasteiger partial charge is 0.129 e. The van der Waals surface area contributed by atoms with E-state index in [-0.39, 0.29) is 12.4 Å². The Balaban J connectivity index is 1.95. The van der Waals surface area contributed by atoms with Gasteiger partial charge in [0, 0.05) is 8.81 Å². The van der Waals surface area contributed by atoms with E-state index in [1.54, 1.807) is 0 Å². The van der Waals surface area contributed by atoms with Crippen LogP contribution in [0, 0.1) is 0 Å². The standard InChI is InChI=1S/C19H36NO3P/c1-3-4-5-6-7-8-9-10-11-12-15-22-24-19(20-2)18-14-13-17(16-21)23-18/h13-14,19-21,24H,3-12,15-16H2,1-2H3. The Morgan fingerprint density at radius 1 is 1.04 bits per heavy atom. The molecule has 1 aromatic rings. The lowest BCUT2D eigenvalue weighted by Crippen LogP contribution is -2.11. The van der Waals surface area contributed by atoms with Crippen molar-refractivity contribution in [1.29, 1.82) is 0 Å². The van der Waals surface area contributed by atoms with Crippen LogP contribution in [0.5, 0.6) is 0 Å². The van der Waals surface area contributed by atoms with Crippen LogP contribution in [-0.2, 0) is 11.1 Å². The Morgan fingerprint density at radius 2 is 1.67 bits per heavy atom. The van der Waals surface area contributed by atoms with Crippen molar-refractivity contribution < 1.29 is 14.0 Å². The quantitative estimate of drug-likeness (QED) is 0.302. The minimum atomic E-state index is -0.0565. The summed E-state index contributed by atoms with van der Waals surface area (Å²) in [5.41, 5.74) is 0. The summed E-state index contributed by atoms with van der Waals surface area (Å²) in [5, 5.41) is 12.3. The fourth-order valence-corrected chi connectivity index (χ4v) is 3.52. The van der Waals surface area contributed by atoms with Gasteiger partial charge in [-0.2, -0.15) is 0 Å². The van der Waals surface area contributed by atoms with Gasteiger partial charge in [-0.05, 0) is 25.6 Å². The largest absolute Gasteiger partial charge is 0.461 e. The third kappa shape index (κ3) is 9.78. The maximum atomic E-state index is 9.05. The summed E-state index contributed by atoms with van der Waals surface area (Å²) in [7, 11) is 2.25. The number of aliphatic hydroxyl groups is 1. The summed E-state index contributed by atoms with van der Waals surface area (Å²) >= 11 is 0. The van der Waals surface area contributed by atoms with Crippen molar-refractivity contribution in [2.75, 3.05) is 13.7 Å². The van der Waals surface area contributed by atoms with Gasteiger partial charge in [0.05, 0.1) is 6.61 Å². The lowest BCUT2D eigenvalue weighted by Gasteiger charge is -2.13. The second kappa shape index (κ2) is 14.9. The first kappa shape index (κ1) is 21.6. The molecule has 0 saturated carbocycles. The first-order chi connectivity index (χ1) is 11.8. The minimum Gasteiger partial charge on any atom is -0.461 e. The molecular formula is C19H36NO3P. The summed E-state index contributed by atoms with van der Waals surface area (Å²) < 4.78 is 11.4. The monoisotopic (exact) mass is 357 g/mol. The van der Waals surface area contributed by atoms with Crippen LogP contribution in [0.15, 0.2) is 16.5 Å². The van der Waals surface area contributed by atoms with Crippen molar-refractivity contribution in [3.63, 3.8) is 0 Å². The number of hydrogen-bond acceptors (Lipinski definition) is 4. The summed E-state index contributed by atoms with van der Waals surface area (Å²) in [6, 6.07) is 3.72. The van der Waals surface area contributed by atoms with E-state index in [0.29, 0.717) is 14.6 Å². The van der Waals surface area contributed by atoms with Crippen molar-refractivity contribution in [3.8, 4) is 0 Å². The predicted molar refractivity (Wildman–Crippen MR) is 103 cm³/mol. The summed E-state index contributed by atoms with van der Waals surface area (Å²) in [6.45, 7) is 3.03. The van der Waals surface area contributed by atoms with Crippen LogP contribution in [-0.4, -0.2) is 18.8 Å². The van der Waals surface area contributed by atoms with Gasteiger partial charge in [-0.3, -0.25) is 0 Å². The van der Waals surface area contributed by atoms with Crippen LogP contribution in [0.3, 0.4) is 0 Å². The first-order valence-electron chi connectivity index (χ1n) is 9.55. The minimum absolute atomic E-state index is 0.0565. The van der Waals surface area contributed by atoms with Crippen molar-refractivity contribution >= 4 is 8.81 Å². The molecule has 0 amide bonds. The third-order valence-electron chi connectivity index (χ3n) is 4.21. The lowest BCUT2D eigenvalue weighted by atomic mass is 10.1. The Kier molecular flexibility index (Phi) is 13.4. The Bertz CT molecular complexity index is 398. The van der Waals surface area contributed by atoms with Crippen molar-refractivity contribution in [2.24, 2.45) is 0 Å². The summed E-state index contributed by atoms with van der Waals surface area (Å²) in [5.74, 6) is 1.51. The fraction of sp³-hybridized carbons (Fsp3) is 0.789. The second-order valence-electron chi connectivity index (χ2n) is 6.33. The number of aliphatic hydroxyl groups excluding tert-OH is 1. The van der Waals surface area contributed by atoms with E-state index < -0.39 is 0 Å². The number of nitrogens with one attached hydrogen (secondary N) is 1. The zero-order valence-corrected chi connectivity index (χ0v) is 16.5. The maximum Gasteiger partial charge on any atom is 0.129 e. The molecule has 0 aliphatic rings. The van der Waals surface area contributed by atoms with E-state index in [4.69, 9.17) is 14.0 Å². The molecule has 5 heteroatoms. The Hall–Kier alpha value is -0.410. The molecule has 0 radical (unpaired) electrons. The molecule has 0 bridgehead atoms. The molecule has 2 unspecified atom stereocenters. The maximum absolute atomic E-state index is 9.05. The molecule has 2 N–H and O–H groups in total. The molecular weight excluding hydrogens is 321 g/mol. The van der Waals surface area contributed by atoms with Gasteiger partial charge in [-0.15, -0.1) is 0 Å². The molecule has 4 nitrogen and oxygen atoms in total. The van der Waals surface area contributed by atoms with Crippen LogP contribution < -0.4 is 5.32 Å². The highest BCUT2D eigenvalue weighted by Crippen LogP contribution is 2.33. The molecule has 0 aliphatic carbocycles. The molecule has 24 heavy (non-hydrogen) atoms. The number of hydrogen-bond donors (Lipinski definition) is 2. The fourth-order valence-electron chi connectivity index (χ4n) is 2.70. The van der Waals surface area contributed by atoms with E-state index in [1.165, 1.54) is 57.8 Å². The summed E-state index contributed by atoms with van der Waals surface area (Å²) in [4.78, 5) is 0. The highest BCUT2D eigenvalue weighted by Gasteiger charge is 2.14. The molecule has 0 spiro atoms. The van der Waals surface area contributed by atoms with Gasteiger partial charge in [-0.25, -0.2) is 0 Å². The average Bonchev–Trinajstić information content (AvgIpc) is 3.08. The molecule has 0 fully saturated rings. The van der Waals surface area contributed by atoms with Gasteiger partial charge in [0.15, 0.2) is 0 Å². The topological polar surface area (TPSA) is 54.6 Å². The molecule has 0 aromatic carbocycles. The van der Waals surface area contributed by atoms with Crippen molar-refractivity contribution in [3.05, 3.63) is 23.7 Å². The third-order valence-corrected chi connectivity index (χ3v) is 5.39. The summed E-state index contributed by atoms with van der Waals surface area (Å²) in [6.07, 6.45) is 13.4. The van der Waals surface area contributed by atoms with Crippen LogP contribution >= 0.6 is 8.81 Å². The van der Waals surface area contributed by atoms with Gasteiger partial charge < -0.3 is 19.4 Å². The molecule has 1 heterocycles. The molecule has 0 saturated heterocycles. The van der Waals surface area contributed by atoms with E-state index in [9.17, 15) is 0 Å². The van der Waals surface area contributed by atoms with E-state index in [2.05, 4.69) is 12.2 Å². The van der Waals surface area contributed by atoms with E-state index in [0.717, 1.165) is 18.8 Å². The first-order valence-corrected chi connectivity index (χ1v) is 10.5. The van der Waals surface area contributed by atoms with Crippen LogP contribution in [0.1, 0.15) is 88.4 Å². The lowest BCUT2D eigenvalue weighted by molar-refractivity contribution is 0.242. The van der Waals surface area contributed by atoms with Crippen LogP contribution in [0.4, 0.5) is 0 Å². The Morgan fingerprint density at radius 3 is 2.21 bits per heavy atom. The van der Waals surface area contributed by atoms with Crippen molar-refractivity contribution in [1.82, 2.24) is 5.32 Å². The van der Waals surface area contributed by atoms with Crippen LogP contribution in [0.2, 0.25) is 0 Å². The second-order valence-corrected chi connectivity index (χ2v) is 7.43. The highest BCUT2D eigenvalue weighted by atomic mass is 31.1. The van der Waals surface area contributed by atoms with Crippen molar-refractivity contribution in [2.45, 2.75) is 83.5 Å². The van der Waals surface area contributed by atoms with E-state index in [1.807, 2.05) is 19.2 Å². The average molecular weight is 357 g/mol. The molecule has 1 aromatic heterocycles. The highest BCUT2D eigenvalue weighted by molar-refractivity contribution is 7.32.